The molecule has 0 spiro atoms. The van der Waals surface area contributed by atoms with Crippen LogP contribution in [0.5, 0.6) is 0 Å². The number of nitrogens with one attached hydrogen (secondary N) is 1. The Balaban J connectivity index is 2.05. The van der Waals surface area contributed by atoms with Crippen molar-refractivity contribution in [2.45, 2.75) is 25.4 Å². The molecule has 1 aromatic heterocycles. The van der Waals surface area contributed by atoms with Crippen molar-refractivity contribution >= 4 is 11.9 Å². The standard InChI is InChI=1S/C13H19N3O4/c14-12(17)8-16(9-3-5-15-6-4-9)7-10-1-2-11(20-10)13(18)19/h1-2,9,15H,3-8H2,(H2,14,17)(H,18,19). The van der Waals surface area contributed by atoms with Crippen LogP contribution in [0.25, 0.3) is 0 Å². The molecule has 2 heterocycles. The van der Waals surface area contributed by atoms with Gasteiger partial charge in [0, 0.05) is 6.04 Å². The summed E-state index contributed by atoms with van der Waals surface area (Å²) in [5, 5.41) is 12.1. The number of piperidine rings is 1. The van der Waals surface area contributed by atoms with Gasteiger partial charge in [0.2, 0.25) is 11.7 Å². The summed E-state index contributed by atoms with van der Waals surface area (Å²) >= 11 is 0. The van der Waals surface area contributed by atoms with Crippen LogP contribution in [0.3, 0.4) is 0 Å². The van der Waals surface area contributed by atoms with E-state index in [9.17, 15) is 9.59 Å². The number of amides is 1. The Hall–Kier alpha value is -1.86. The number of primary amides is 1. The van der Waals surface area contributed by atoms with Gasteiger partial charge < -0.3 is 20.6 Å². The average Bonchev–Trinajstić information content (AvgIpc) is 2.87. The predicted molar refractivity (Wildman–Crippen MR) is 71.2 cm³/mol. The third-order valence-corrected chi connectivity index (χ3v) is 3.42. The molecule has 1 aromatic rings. The van der Waals surface area contributed by atoms with E-state index in [-0.39, 0.29) is 18.3 Å². The van der Waals surface area contributed by atoms with Crippen molar-refractivity contribution in [1.29, 1.82) is 0 Å². The summed E-state index contributed by atoms with van der Waals surface area (Å²) in [5.74, 6) is -1.06. The number of carbonyl (C=O) groups excluding carboxylic acids is 1. The van der Waals surface area contributed by atoms with Crippen LogP contribution in [0.15, 0.2) is 16.5 Å². The lowest BCUT2D eigenvalue weighted by Gasteiger charge is -2.33. The molecule has 0 atom stereocenters. The van der Waals surface area contributed by atoms with Crippen molar-refractivity contribution in [2.24, 2.45) is 5.73 Å². The second-order valence-corrected chi connectivity index (χ2v) is 4.92. The SMILES string of the molecule is NC(=O)CN(Cc1ccc(C(=O)O)o1)C1CCNCC1. The first-order valence-corrected chi connectivity index (χ1v) is 6.61. The molecule has 1 saturated heterocycles. The fourth-order valence-corrected chi connectivity index (χ4v) is 2.46. The van der Waals surface area contributed by atoms with Gasteiger partial charge in [-0.25, -0.2) is 4.79 Å². The predicted octanol–water partition coefficient (Wildman–Crippen LogP) is 0.0171. The number of carbonyl (C=O) groups is 2. The van der Waals surface area contributed by atoms with Gasteiger partial charge in [-0.1, -0.05) is 0 Å². The first-order valence-electron chi connectivity index (χ1n) is 6.61. The van der Waals surface area contributed by atoms with Crippen LogP contribution >= 0.6 is 0 Å². The molecule has 2 rings (SSSR count). The highest BCUT2D eigenvalue weighted by Crippen LogP contribution is 2.17. The molecular formula is C13H19N3O4. The number of aromatic carboxylic acids is 1. The van der Waals surface area contributed by atoms with Gasteiger partial charge in [-0.3, -0.25) is 9.69 Å². The van der Waals surface area contributed by atoms with E-state index < -0.39 is 11.9 Å². The Morgan fingerprint density at radius 2 is 2.10 bits per heavy atom. The molecule has 1 amide bonds. The lowest BCUT2D eigenvalue weighted by atomic mass is 10.0. The highest BCUT2D eigenvalue weighted by atomic mass is 16.4. The van der Waals surface area contributed by atoms with Crippen molar-refractivity contribution in [2.75, 3.05) is 19.6 Å². The van der Waals surface area contributed by atoms with Crippen LogP contribution in [0.2, 0.25) is 0 Å². The van der Waals surface area contributed by atoms with Gasteiger partial charge in [-0.15, -0.1) is 0 Å². The maximum Gasteiger partial charge on any atom is 0.371 e. The third-order valence-electron chi connectivity index (χ3n) is 3.42. The Kier molecular flexibility index (Phi) is 4.75. The Labute approximate surface area is 116 Å². The number of furan rings is 1. The summed E-state index contributed by atoms with van der Waals surface area (Å²) in [4.78, 5) is 23.9. The maximum absolute atomic E-state index is 11.2. The minimum atomic E-state index is -1.10. The van der Waals surface area contributed by atoms with Gasteiger partial charge in [0.1, 0.15) is 5.76 Å². The normalized spacial score (nSPS) is 16.4. The summed E-state index contributed by atoms with van der Waals surface area (Å²) in [7, 11) is 0. The van der Waals surface area contributed by atoms with E-state index in [1.165, 1.54) is 6.07 Å². The quantitative estimate of drug-likeness (QED) is 0.678. The number of carboxylic acids is 1. The topological polar surface area (TPSA) is 109 Å². The Morgan fingerprint density at radius 1 is 1.40 bits per heavy atom. The molecule has 0 aromatic carbocycles. The van der Waals surface area contributed by atoms with E-state index in [1.54, 1.807) is 6.07 Å². The number of carboxylic acid groups (broad SMARTS) is 1. The van der Waals surface area contributed by atoms with Crippen molar-refractivity contribution in [3.8, 4) is 0 Å². The zero-order valence-electron chi connectivity index (χ0n) is 11.2. The molecule has 0 aliphatic carbocycles. The highest BCUT2D eigenvalue weighted by molar-refractivity contribution is 5.84. The molecule has 110 valence electrons. The fraction of sp³-hybridized carbons (Fsp3) is 0.538. The van der Waals surface area contributed by atoms with E-state index in [0.717, 1.165) is 25.9 Å². The number of nitrogens with zero attached hydrogens (tertiary/aromatic N) is 1. The monoisotopic (exact) mass is 281 g/mol. The Morgan fingerprint density at radius 3 is 2.65 bits per heavy atom. The third kappa shape index (κ3) is 3.82. The van der Waals surface area contributed by atoms with Crippen LogP contribution in [0, 0.1) is 0 Å². The molecule has 0 radical (unpaired) electrons. The molecular weight excluding hydrogens is 262 g/mol. The van der Waals surface area contributed by atoms with E-state index in [0.29, 0.717) is 12.3 Å². The molecule has 1 aliphatic heterocycles. The molecule has 20 heavy (non-hydrogen) atoms. The number of rotatable bonds is 6. The fourth-order valence-electron chi connectivity index (χ4n) is 2.46. The molecule has 7 nitrogen and oxygen atoms in total. The van der Waals surface area contributed by atoms with Gasteiger partial charge in [0.25, 0.3) is 0 Å². The first-order chi connectivity index (χ1) is 9.56. The summed E-state index contributed by atoms with van der Waals surface area (Å²) in [6, 6.07) is 3.29. The number of hydrogen-bond donors (Lipinski definition) is 3. The average molecular weight is 281 g/mol. The first kappa shape index (κ1) is 14.5. The van der Waals surface area contributed by atoms with Crippen molar-refractivity contribution in [3.05, 3.63) is 23.7 Å². The lowest BCUT2D eigenvalue weighted by Crippen LogP contribution is -2.46. The largest absolute Gasteiger partial charge is 0.475 e. The van der Waals surface area contributed by atoms with Crippen LogP contribution in [0.1, 0.15) is 29.2 Å². The molecule has 4 N–H and O–H groups in total. The van der Waals surface area contributed by atoms with E-state index >= 15 is 0 Å². The zero-order valence-corrected chi connectivity index (χ0v) is 11.2. The maximum atomic E-state index is 11.2. The van der Waals surface area contributed by atoms with Crippen molar-refractivity contribution < 1.29 is 19.1 Å². The smallest absolute Gasteiger partial charge is 0.371 e. The van der Waals surface area contributed by atoms with Gasteiger partial charge in [-0.05, 0) is 38.1 Å². The zero-order chi connectivity index (χ0) is 14.5. The highest BCUT2D eigenvalue weighted by Gasteiger charge is 2.23. The molecule has 0 bridgehead atoms. The number of hydrogen-bond acceptors (Lipinski definition) is 5. The van der Waals surface area contributed by atoms with E-state index in [2.05, 4.69) is 5.32 Å². The van der Waals surface area contributed by atoms with Gasteiger partial charge in [-0.2, -0.15) is 0 Å². The van der Waals surface area contributed by atoms with Gasteiger partial charge in [0.15, 0.2) is 0 Å². The van der Waals surface area contributed by atoms with Crippen LogP contribution in [-0.4, -0.2) is 47.6 Å². The summed E-state index contributed by atoms with van der Waals surface area (Å²) in [5.41, 5.74) is 5.29. The lowest BCUT2D eigenvalue weighted by molar-refractivity contribution is -0.120. The summed E-state index contributed by atoms with van der Waals surface area (Å²) < 4.78 is 5.24. The molecule has 0 unspecified atom stereocenters. The Bertz CT molecular complexity index is 480. The van der Waals surface area contributed by atoms with Crippen LogP contribution in [0.4, 0.5) is 0 Å². The minimum Gasteiger partial charge on any atom is -0.475 e. The molecule has 1 fully saturated rings. The summed E-state index contributed by atoms with van der Waals surface area (Å²) in [6.07, 6.45) is 1.86. The molecule has 1 aliphatic rings. The summed E-state index contributed by atoms with van der Waals surface area (Å²) in [6.45, 7) is 2.34. The second-order valence-electron chi connectivity index (χ2n) is 4.92. The second kappa shape index (κ2) is 6.53. The van der Waals surface area contributed by atoms with Crippen LogP contribution in [-0.2, 0) is 11.3 Å². The van der Waals surface area contributed by atoms with Crippen molar-refractivity contribution in [1.82, 2.24) is 10.2 Å². The van der Waals surface area contributed by atoms with E-state index in [1.807, 2.05) is 4.90 Å². The minimum absolute atomic E-state index is 0.0932. The molecule has 7 heteroatoms. The van der Waals surface area contributed by atoms with Crippen molar-refractivity contribution in [3.63, 3.8) is 0 Å². The molecule has 0 saturated carbocycles. The van der Waals surface area contributed by atoms with Gasteiger partial charge >= 0.3 is 5.97 Å². The van der Waals surface area contributed by atoms with Gasteiger partial charge in [0.05, 0.1) is 13.1 Å². The van der Waals surface area contributed by atoms with Crippen LogP contribution < -0.4 is 11.1 Å². The van der Waals surface area contributed by atoms with E-state index in [4.69, 9.17) is 15.3 Å². The number of nitrogens with two attached hydrogens (primary N) is 1.